The highest BCUT2D eigenvalue weighted by Gasteiger charge is 2.78. The Morgan fingerprint density at radius 2 is 1.97 bits per heavy atom. The van der Waals surface area contributed by atoms with E-state index in [1.165, 1.54) is 11.1 Å². The first-order valence-electron chi connectivity index (χ1n) is 13.1. The number of piperidine rings is 1. The van der Waals surface area contributed by atoms with Crippen molar-refractivity contribution < 1.29 is 19.7 Å². The summed E-state index contributed by atoms with van der Waals surface area (Å²) < 4.78 is 7.18. The summed E-state index contributed by atoms with van der Waals surface area (Å²) in [5.74, 6) is 0.622. The van der Waals surface area contributed by atoms with E-state index >= 15 is 0 Å². The van der Waals surface area contributed by atoms with Crippen LogP contribution in [0.4, 0.5) is 0 Å². The number of likely N-dealkylation sites (tertiary alicyclic amines) is 2. The molecule has 184 valence electrons. The number of ether oxygens (including phenoxy) is 1. The average molecular weight is 475 g/mol. The van der Waals surface area contributed by atoms with Crippen molar-refractivity contribution in [2.24, 2.45) is 5.92 Å². The lowest BCUT2D eigenvalue weighted by molar-refractivity contribution is -0.177. The lowest BCUT2D eigenvalue weighted by Gasteiger charge is -2.65. The number of carbonyl (C=O) groups excluding carboxylic acids is 1. The minimum Gasteiger partial charge on any atom is -0.508 e. The number of fused-ring (bicyclic) bond motifs is 1. The normalized spacial score (nSPS) is 37.2. The zero-order chi connectivity index (χ0) is 24.2. The van der Waals surface area contributed by atoms with Gasteiger partial charge < -0.3 is 19.8 Å². The summed E-state index contributed by atoms with van der Waals surface area (Å²) >= 11 is 0. The van der Waals surface area contributed by atoms with Crippen LogP contribution in [-0.4, -0.2) is 74.9 Å². The van der Waals surface area contributed by atoms with Gasteiger partial charge in [0.1, 0.15) is 5.75 Å². The molecule has 4 fully saturated rings. The molecule has 4 bridgehead atoms. The molecule has 3 aliphatic heterocycles. The summed E-state index contributed by atoms with van der Waals surface area (Å²) in [5.41, 5.74) is 1.91. The number of aromatic hydroxyl groups is 1. The van der Waals surface area contributed by atoms with Gasteiger partial charge in [-0.25, -0.2) is 0 Å². The van der Waals surface area contributed by atoms with Crippen LogP contribution in [0, 0.1) is 5.92 Å². The van der Waals surface area contributed by atoms with Crippen molar-refractivity contribution in [3.8, 4) is 5.75 Å². The first kappa shape index (κ1) is 21.8. The Bertz CT molecular complexity index is 1190. The van der Waals surface area contributed by atoms with Crippen molar-refractivity contribution >= 4 is 5.91 Å². The maximum absolute atomic E-state index is 13.6. The van der Waals surface area contributed by atoms with E-state index in [0.717, 1.165) is 37.8 Å². The Kier molecular flexibility index (Phi) is 4.42. The second-order valence-corrected chi connectivity index (χ2v) is 12.1. The van der Waals surface area contributed by atoms with Crippen LogP contribution in [0.2, 0.25) is 0 Å². The number of benzene rings is 2. The molecule has 0 unspecified atom stereocenters. The highest BCUT2D eigenvalue weighted by molar-refractivity contribution is 5.94. The Morgan fingerprint density at radius 1 is 1.17 bits per heavy atom. The molecule has 3 heterocycles. The molecule has 1 saturated carbocycles. The van der Waals surface area contributed by atoms with E-state index in [-0.39, 0.29) is 41.0 Å². The van der Waals surface area contributed by atoms with Crippen LogP contribution < -0.4 is 0 Å². The number of amides is 1. The number of carbonyl (C=O) groups is 1. The van der Waals surface area contributed by atoms with Crippen LogP contribution >= 0.6 is 0 Å². The number of aliphatic hydroxyl groups is 1. The number of hydrogen-bond donors (Lipinski definition) is 2. The largest absolute Gasteiger partial charge is 0.508 e. The lowest BCUT2D eigenvalue weighted by atomic mass is 9.46. The number of nitrogens with zero attached hydrogens (tertiary/aromatic N) is 2. The van der Waals surface area contributed by atoms with Gasteiger partial charge in [0.15, 0.2) is 0 Å². The third-order valence-corrected chi connectivity index (χ3v) is 9.72. The first-order chi connectivity index (χ1) is 16.7. The molecule has 6 nitrogen and oxygen atoms in total. The molecule has 0 radical (unpaired) electrons. The van der Waals surface area contributed by atoms with E-state index in [1.807, 2.05) is 50.2 Å². The highest BCUT2D eigenvalue weighted by atomic mass is 16.5. The van der Waals surface area contributed by atoms with Crippen LogP contribution in [0.1, 0.15) is 54.6 Å². The molecule has 1 amide bonds. The number of β-amino-alcohol motifs (C(OH)–C–C–N with tert-alkyl or cyclic N) is 1. The molecule has 5 aliphatic rings. The molecule has 2 aliphatic carbocycles. The van der Waals surface area contributed by atoms with E-state index in [4.69, 9.17) is 4.74 Å². The number of rotatable bonds is 3. The maximum atomic E-state index is 13.6. The van der Waals surface area contributed by atoms with Gasteiger partial charge in [0.25, 0.3) is 5.91 Å². The van der Waals surface area contributed by atoms with Gasteiger partial charge in [-0.15, -0.1) is 0 Å². The van der Waals surface area contributed by atoms with Gasteiger partial charge in [0, 0.05) is 42.1 Å². The predicted molar refractivity (Wildman–Crippen MR) is 131 cm³/mol. The third-order valence-electron chi connectivity index (χ3n) is 9.72. The molecular formula is C29H34N2O4. The fourth-order valence-electron chi connectivity index (χ4n) is 8.84. The minimum atomic E-state index is -0.781. The SMILES string of the molecule is CC(C)(O)CN1CC[C@@]23c4cc(O)ccc4C[C@@H]1[C@]21CC[C@@H]2[C@H]3[C@@H](CN2C(=O)c2ccccc2)O1. The quantitative estimate of drug-likeness (QED) is 0.715. The summed E-state index contributed by atoms with van der Waals surface area (Å²) in [4.78, 5) is 18.1. The minimum absolute atomic E-state index is 0.00644. The summed E-state index contributed by atoms with van der Waals surface area (Å²) in [7, 11) is 0. The summed E-state index contributed by atoms with van der Waals surface area (Å²) in [5, 5.41) is 21.3. The van der Waals surface area contributed by atoms with Crippen LogP contribution in [0.5, 0.6) is 5.75 Å². The van der Waals surface area contributed by atoms with Crippen LogP contribution in [-0.2, 0) is 16.6 Å². The van der Waals surface area contributed by atoms with Crippen molar-refractivity contribution in [1.82, 2.24) is 9.80 Å². The number of hydrogen-bond acceptors (Lipinski definition) is 5. The van der Waals surface area contributed by atoms with Crippen LogP contribution in [0.3, 0.4) is 0 Å². The highest BCUT2D eigenvalue weighted by Crippen LogP contribution is 2.69. The molecule has 0 aromatic heterocycles. The zero-order valence-electron chi connectivity index (χ0n) is 20.5. The Labute approximate surface area is 206 Å². The second kappa shape index (κ2) is 7.09. The van der Waals surface area contributed by atoms with E-state index in [2.05, 4.69) is 15.9 Å². The van der Waals surface area contributed by atoms with Gasteiger partial charge in [-0.05, 0) is 81.5 Å². The maximum Gasteiger partial charge on any atom is 0.254 e. The molecular weight excluding hydrogens is 440 g/mol. The monoisotopic (exact) mass is 474 g/mol. The topological polar surface area (TPSA) is 73.2 Å². The van der Waals surface area contributed by atoms with Crippen LogP contribution in [0.25, 0.3) is 0 Å². The Hall–Kier alpha value is -2.41. The standard InChI is InChI=1S/C29H34N2O4/c1-27(2,34)17-30-13-12-28-21-15-20(32)9-8-19(21)14-24(30)29(28)11-10-22-25(28)23(35-29)16-31(22)26(33)18-6-4-3-5-7-18/h3-9,15,22-25,32,34H,10-14,16-17H2,1-2H3/t22-,23-,24-,25+,28+,29-/m1/s1. The molecule has 2 aromatic rings. The van der Waals surface area contributed by atoms with E-state index in [0.29, 0.717) is 18.8 Å². The molecule has 6 atom stereocenters. The third kappa shape index (κ3) is 2.79. The van der Waals surface area contributed by atoms with Crippen molar-refractivity contribution in [2.75, 3.05) is 19.6 Å². The molecule has 7 rings (SSSR count). The van der Waals surface area contributed by atoms with E-state index in [9.17, 15) is 15.0 Å². The lowest BCUT2D eigenvalue weighted by Crippen LogP contribution is -2.74. The van der Waals surface area contributed by atoms with Gasteiger partial charge >= 0.3 is 0 Å². The summed E-state index contributed by atoms with van der Waals surface area (Å²) in [6.07, 6.45) is 3.60. The average Bonchev–Trinajstić information content (AvgIpc) is 3.27. The van der Waals surface area contributed by atoms with Crippen molar-refractivity contribution in [2.45, 2.75) is 74.3 Å². The van der Waals surface area contributed by atoms with Gasteiger partial charge in [-0.1, -0.05) is 24.3 Å². The predicted octanol–water partition coefficient (Wildman–Crippen LogP) is 3.10. The number of phenolic OH excluding ortho intramolecular Hbond substituents is 1. The van der Waals surface area contributed by atoms with Crippen LogP contribution in [0.15, 0.2) is 48.5 Å². The van der Waals surface area contributed by atoms with Gasteiger partial charge in [0.05, 0.1) is 17.3 Å². The molecule has 2 N–H and O–H groups in total. The molecule has 35 heavy (non-hydrogen) atoms. The second-order valence-electron chi connectivity index (χ2n) is 12.1. The fourth-order valence-corrected chi connectivity index (χ4v) is 8.84. The van der Waals surface area contributed by atoms with Crippen molar-refractivity contribution in [3.63, 3.8) is 0 Å². The Morgan fingerprint density at radius 3 is 2.74 bits per heavy atom. The van der Waals surface area contributed by atoms with Crippen molar-refractivity contribution in [3.05, 3.63) is 65.2 Å². The van der Waals surface area contributed by atoms with Crippen molar-refractivity contribution in [1.29, 1.82) is 0 Å². The zero-order valence-corrected chi connectivity index (χ0v) is 20.5. The molecule has 6 heteroatoms. The first-order valence-corrected chi connectivity index (χ1v) is 13.1. The van der Waals surface area contributed by atoms with E-state index in [1.54, 1.807) is 6.07 Å². The Balaban J connectivity index is 1.35. The fraction of sp³-hybridized carbons (Fsp3) is 0.552. The molecule has 3 saturated heterocycles. The smallest absolute Gasteiger partial charge is 0.254 e. The molecule has 0 spiro atoms. The van der Waals surface area contributed by atoms with Gasteiger partial charge in [0.2, 0.25) is 0 Å². The van der Waals surface area contributed by atoms with Gasteiger partial charge in [-0.2, -0.15) is 0 Å². The molecule has 2 aromatic carbocycles. The van der Waals surface area contributed by atoms with Gasteiger partial charge in [-0.3, -0.25) is 9.69 Å². The summed E-state index contributed by atoms with van der Waals surface area (Å²) in [6, 6.07) is 15.8. The van der Waals surface area contributed by atoms with E-state index < -0.39 is 5.60 Å². The summed E-state index contributed by atoms with van der Waals surface area (Å²) in [6.45, 7) is 5.89. The number of phenols is 1.